The molecule has 1 fully saturated rings. The number of halogens is 3. The number of nitrogens with one attached hydrogen (secondary N) is 1. The van der Waals surface area contributed by atoms with Crippen LogP contribution in [0.4, 0.5) is 13.2 Å². The van der Waals surface area contributed by atoms with Gasteiger partial charge >= 0.3 is 6.18 Å². The van der Waals surface area contributed by atoms with Crippen LogP contribution in [0.5, 0.6) is 0 Å². The van der Waals surface area contributed by atoms with Crippen LogP contribution in [0.1, 0.15) is 37.9 Å². The lowest BCUT2D eigenvalue weighted by Gasteiger charge is -2.25. The van der Waals surface area contributed by atoms with Gasteiger partial charge in [0.1, 0.15) is 0 Å². The minimum Gasteiger partial charge on any atom is -0.396 e. The van der Waals surface area contributed by atoms with Gasteiger partial charge in [-0.25, -0.2) is 9.97 Å². The summed E-state index contributed by atoms with van der Waals surface area (Å²) in [5.41, 5.74) is 0.233. The first-order valence-electron chi connectivity index (χ1n) is 10.7. The van der Waals surface area contributed by atoms with E-state index < -0.39 is 17.8 Å². The fourth-order valence-electron chi connectivity index (χ4n) is 4.26. The molecule has 1 saturated carbocycles. The monoisotopic (exact) mass is 437 g/mol. The lowest BCUT2D eigenvalue weighted by molar-refractivity contribution is -0.137. The van der Waals surface area contributed by atoms with Crippen LogP contribution >= 0.6 is 0 Å². The second-order valence-corrected chi connectivity index (χ2v) is 8.71. The molecule has 31 heavy (non-hydrogen) atoms. The largest absolute Gasteiger partial charge is 0.416 e. The molecule has 4 unspecified atom stereocenters. The van der Waals surface area contributed by atoms with Gasteiger partial charge in [0.2, 0.25) is 0 Å². The van der Waals surface area contributed by atoms with Gasteiger partial charge in [-0.05, 0) is 55.8 Å². The number of aliphatic hydroxyl groups excluding tert-OH is 2. The summed E-state index contributed by atoms with van der Waals surface area (Å²) in [6.07, 6.45) is -1.43. The highest BCUT2D eigenvalue weighted by molar-refractivity contribution is 5.56. The molecule has 1 aromatic carbocycles. The second kappa shape index (κ2) is 10.1. The maximum Gasteiger partial charge on any atom is 0.416 e. The highest BCUT2D eigenvalue weighted by Gasteiger charge is 2.42. The first kappa shape index (κ1) is 23.6. The van der Waals surface area contributed by atoms with Gasteiger partial charge in [-0.1, -0.05) is 26.0 Å². The van der Waals surface area contributed by atoms with Crippen molar-refractivity contribution in [3.63, 3.8) is 0 Å². The summed E-state index contributed by atoms with van der Waals surface area (Å²) in [4.78, 5) is 8.65. The zero-order valence-electron chi connectivity index (χ0n) is 17.8. The van der Waals surface area contributed by atoms with Gasteiger partial charge in [0, 0.05) is 36.0 Å². The van der Waals surface area contributed by atoms with Crippen LogP contribution in [0.25, 0.3) is 11.4 Å². The molecule has 170 valence electrons. The maximum atomic E-state index is 13.1. The first-order chi connectivity index (χ1) is 14.7. The van der Waals surface area contributed by atoms with E-state index >= 15 is 0 Å². The molecule has 4 atom stereocenters. The predicted octanol–water partition coefficient (Wildman–Crippen LogP) is 3.70. The topological polar surface area (TPSA) is 78.3 Å². The molecule has 0 amide bonds. The van der Waals surface area contributed by atoms with Gasteiger partial charge < -0.3 is 15.5 Å². The molecule has 3 rings (SSSR count). The predicted molar refractivity (Wildman–Crippen MR) is 112 cm³/mol. The Hall–Kier alpha value is -2.03. The first-order valence-corrected chi connectivity index (χ1v) is 10.7. The van der Waals surface area contributed by atoms with Crippen molar-refractivity contribution in [2.45, 2.75) is 51.4 Å². The Labute approximate surface area is 180 Å². The van der Waals surface area contributed by atoms with Gasteiger partial charge in [-0.15, -0.1) is 0 Å². The number of hydrogen-bond donors (Lipinski definition) is 3. The van der Waals surface area contributed by atoms with E-state index in [0.29, 0.717) is 30.0 Å². The van der Waals surface area contributed by atoms with Crippen molar-refractivity contribution >= 4 is 0 Å². The van der Waals surface area contributed by atoms with E-state index in [2.05, 4.69) is 29.1 Å². The third kappa shape index (κ3) is 6.02. The third-order valence-electron chi connectivity index (χ3n) is 6.00. The van der Waals surface area contributed by atoms with Crippen LogP contribution in [0, 0.1) is 17.8 Å². The van der Waals surface area contributed by atoms with Gasteiger partial charge in [0.15, 0.2) is 5.82 Å². The Morgan fingerprint density at radius 3 is 2.65 bits per heavy atom. The quantitative estimate of drug-likeness (QED) is 0.587. The van der Waals surface area contributed by atoms with Crippen LogP contribution in [0.3, 0.4) is 0 Å². The van der Waals surface area contributed by atoms with Crippen LogP contribution in [-0.4, -0.2) is 45.5 Å². The zero-order chi connectivity index (χ0) is 22.6. The second-order valence-electron chi connectivity index (χ2n) is 8.71. The number of alkyl halides is 3. The summed E-state index contributed by atoms with van der Waals surface area (Å²) in [6, 6.07) is 6.75. The number of aromatic nitrogens is 2. The average molecular weight is 438 g/mol. The van der Waals surface area contributed by atoms with Gasteiger partial charge in [0.05, 0.1) is 11.7 Å². The third-order valence-corrected chi connectivity index (χ3v) is 6.00. The smallest absolute Gasteiger partial charge is 0.396 e. The molecule has 1 heterocycles. The van der Waals surface area contributed by atoms with E-state index in [9.17, 15) is 23.4 Å². The molecule has 0 saturated heterocycles. The Balaban J connectivity index is 1.79. The maximum absolute atomic E-state index is 13.1. The van der Waals surface area contributed by atoms with E-state index in [0.717, 1.165) is 25.1 Å². The molecular formula is C23H30F3N3O2. The van der Waals surface area contributed by atoms with Crippen molar-refractivity contribution in [2.24, 2.45) is 17.8 Å². The lowest BCUT2D eigenvalue weighted by atomic mass is 9.88. The summed E-state index contributed by atoms with van der Waals surface area (Å²) >= 11 is 0. The number of benzene rings is 1. The molecule has 3 N–H and O–H groups in total. The number of aliphatic hydroxyl groups is 2. The van der Waals surface area contributed by atoms with Crippen molar-refractivity contribution in [3.8, 4) is 11.4 Å². The fraction of sp³-hybridized carbons (Fsp3) is 0.565. The van der Waals surface area contributed by atoms with Crippen LogP contribution in [0.15, 0.2) is 36.5 Å². The lowest BCUT2D eigenvalue weighted by Crippen LogP contribution is -2.37. The standard InChI is InChI=1S/C23H30F3N3O2/c1-14(2)6-8-27-20-12-21(31)19(13-30)18(20)11-17-7-9-28-22(29-17)15-4-3-5-16(10-15)23(24,25)26/h3-5,7,9-10,14,18-21,27,30-31H,6,8,11-13H2,1-2H3. The molecule has 1 aliphatic carbocycles. The summed E-state index contributed by atoms with van der Waals surface area (Å²) < 4.78 is 39.2. The number of rotatable bonds is 8. The minimum atomic E-state index is -4.43. The van der Waals surface area contributed by atoms with E-state index in [1.54, 1.807) is 18.3 Å². The zero-order valence-corrected chi connectivity index (χ0v) is 17.8. The van der Waals surface area contributed by atoms with Crippen molar-refractivity contribution in [3.05, 3.63) is 47.8 Å². The molecule has 8 heteroatoms. The fourth-order valence-corrected chi connectivity index (χ4v) is 4.26. The van der Waals surface area contributed by atoms with E-state index in [1.165, 1.54) is 6.07 Å². The van der Waals surface area contributed by atoms with Crippen molar-refractivity contribution in [2.75, 3.05) is 13.2 Å². The van der Waals surface area contributed by atoms with Crippen LogP contribution < -0.4 is 5.32 Å². The molecule has 2 aromatic rings. The summed E-state index contributed by atoms with van der Waals surface area (Å²) in [6.45, 7) is 4.99. The van der Waals surface area contributed by atoms with Gasteiger partial charge in [-0.3, -0.25) is 0 Å². The van der Waals surface area contributed by atoms with Crippen molar-refractivity contribution < 1.29 is 23.4 Å². The molecule has 5 nitrogen and oxygen atoms in total. The number of hydrogen-bond acceptors (Lipinski definition) is 5. The molecule has 0 bridgehead atoms. The summed E-state index contributed by atoms with van der Waals surface area (Å²) in [5, 5.41) is 23.8. The molecule has 0 radical (unpaired) electrons. The average Bonchev–Trinajstić information content (AvgIpc) is 3.01. The Bertz CT molecular complexity index is 860. The Morgan fingerprint density at radius 1 is 1.19 bits per heavy atom. The van der Waals surface area contributed by atoms with Crippen LogP contribution in [-0.2, 0) is 12.6 Å². The van der Waals surface area contributed by atoms with Gasteiger partial charge in [0.25, 0.3) is 0 Å². The number of nitrogens with zero attached hydrogens (tertiary/aromatic N) is 2. The Kier molecular flexibility index (Phi) is 7.67. The highest BCUT2D eigenvalue weighted by atomic mass is 19.4. The van der Waals surface area contributed by atoms with E-state index in [4.69, 9.17) is 0 Å². The molecule has 1 aromatic heterocycles. The molecule has 0 spiro atoms. The Morgan fingerprint density at radius 2 is 1.97 bits per heavy atom. The normalized spacial score (nSPS) is 24.1. The van der Waals surface area contributed by atoms with Crippen LogP contribution in [0.2, 0.25) is 0 Å². The minimum absolute atomic E-state index is 0.0311. The van der Waals surface area contributed by atoms with E-state index in [-0.39, 0.29) is 30.3 Å². The highest BCUT2D eigenvalue weighted by Crippen LogP contribution is 2.35. The van der Waals surface area contributed by atoms with Crippen molar-refractivity contribution in [1.82, 2.24) is 15.3 Å². The van der Waals surface area contributed by atoms with Gasteiger partial charge in [-0.2, -0.15) is 13.2 Å². The molecule has 1 aliphatic rings. The van der Waals surface area contributed by atoms with E-state index in [1.807, 2.05) is 0 Å². The molecular weight excluding hydrogens is 407 g/mol. The summed E-state index contributed by atoms with van der Waals surface area (Å²) in [5.74, 6) is 0.481. The van der Waals surface area contributed by atoms with Crippen molar-refractivity contribution in [1.29, 1.82) is 0 Å². The summed E-state index contributed by atoms with van der Waals surface area (Å²) in [7, 11) is 0. The SMILES string of the molecule is CC(C)CCNC1CC(O)C(CO)C1Cc1ccnc(-c2cccc(C(F)(F)F)c2)n1. The molecule has 0 aliphatic heterocycles.